The van der Waals surface area contributed by atoms with Crippen molar-refractivity contribution in [3.8, 4) is 11.3 Å². The van der Waals surface area contributed by atoms with Crippen molar-refractivity contribution in [2.45, 2.75) is 33.0 Å². The molecule has 3 aromatic rings. The first-order valence-electron chi connectivity index (χ1n) is 8.78. The van der Waals surface area contributed by atoms with Gasteiger partial charge in [0.2, 0.25) is 0 Å². The Kier molecular flexibility index (Phi) is 4.53. The Morgan fingerprint density at radius 3 is 3.04 bits per heavy atom. The number of amides is 1. The van der Waals surface area contributed by atoms with E-state index in [2.05, 4.69) is 20.9 Å². The molecule has 0 saturated carbocycles. The summed E-state index contributed by atoms with van der Waals surface area (Å²) in [5.74, 6) is 0.301. The number of hydrogen-bond acceptors (Lipinski definition) is 5. The number of nitrogens with zero attached hydrogens (tertiary/aromatic N) is 3. The molecule has 0 fully saturated rings. The number of fused-ring (bicyclic) bond motifs is 1. The summed E-state index contributed by atoms with van der Waals surface area (Å²) in [7, 11) is 0. The summed E-state index contributed by atoms with van der Waals surface area (Å²) in [5.41, 5.74) is 3.89. The third-order valence-corrected chi connectivity index (χ3v) is 4.51. The highest BCUT2D eigenvalue weighted by molar-refractivity contribution is 6.00. The van der Waals surface area contributed by atoms with E-state index in [9.17, 15) is 4.79 Å². The molecule has 2 N–H and O–H groups in total. The molecule has 134 valence electrons. The predicted molar refractivity (Wildman–Crippen MR) is 96.4 cm³/mol. The Hall–Kier alpha value is -2.93. The van der Waals surface area contributed by atoms with Gasteiger partial charge in [0.05, 0.1) is 17.9 Å². The molecule has 1 aromatic carbocycles. The molecule has 0 spiro atoms. The van der Waals surface area contributed by atoms with Crippen LogP contribution in [0.4, 0.5) is 0 Å². The molecule has 0 radical (unpaired) electrons. The van der Waals surface area contributed by atoms with Crippen LogP contribution in [0.15, 0.2) is 40.9 Å². The van der Waals surface area contributed by atoms with E-state index in [0.717, 1.165) is 43.0 Å². The van der Waals surface area contributed by atoms with Crippen molar-refractivity contribution in [2.24, 2.45) is 0 Å². The van der Waals surface area contributed by atoms with Crippen molar-refractivity contribution in [2.75, 3.05) is 6.54 Å². The number of rotatable bonds is 4. The van der Waals surface area contributed by atoms with Gasteiger partial charge in [-0.05, 0) is 26.0 Å². The minimum Gasteiger partial charge on any atom is -0.360 e. The first-order chi connectivity index (χ1) is 12.7. The molecule has 26 heavy (non-hydrogen) atoms. The molecule has 1 aliphatic rings. The number of hydrogen-bond donors (Lipinski definition) is 2. The zero-order chi connectivity index (χ0) is 17.9. The fraction of sp³-hybridized carbons (Fsp3) is 0.316. The van der Waals surface area contributed by atoms with Gasteiger partial charge in [0.15, 0.2) is 0 Å². The highest BCUT2D eigenvalue weighted by Crippen LogP contribution is 2.25. The van der Waals surface area contributed by atoms with E-state index in [0.29, 0.717) is 23.6 Å². The van der Waals surface area contributed by atoms with Crippen LogP contribution < -0.4 is 10.6 Å². The highest BCUT2D eigenvalue weighted by atomic mass is 16.5. The van der Waals surface area contributed by atoms with Gasteiger partial charge in [-0.25, -0.2) is 0 Å². The average Bonchev–Trinajstić information content (AvgIpc) is 3.17. The molecule has 3 heterocycles. The minimum absolute atomic E-state index is 0.205. The fourth-order valence-electron chi connectivity index (χ4n) is 3.20. The second kappa shape index (κ2) is 7.13. The lowest BCUT2D eigenvalue weighted by Gasteiger charge is -2.04. The van der Waals surface area contributed by atoms with Gasteiger partial charge in [0, 0.05) is 18.7 Å². The maximum Gasteiger partial charge on any atom is 0.257 e. The van der Waals surface area contributed by atoms with E-state index in [-0.39, 0.29) is 5.91 Å². The van der Waals surface area contributed by atoms with Crippen LogP contribution in [0, 0.1) is 6.92 Å². The predicted octanol–water partition coefficient (Wildman–Crippen LogP) is 2.27. The SMILES string of the molecule is Cc1onc(-c2ccccc2)c1C(=O)NCc1cc2n(n1)CCCNC2. The summed E-state index contributed by atoms with van der Waals surface area (Å²) in [6.45, 7) is 4.84. The molecular weight excluding hydrogens is 330 g/mol. The highest BCUT2D eigenvalue weighted by Gasteiger charge is 2.21. The number of nitrogens with one attached hydrogen (secondary N) is 2. The molecule has 0 unspecified atom stereocenters. The molecule has 0 aliphatic carbocycles. The van der Waals surface area contributed by atoms with E-state index in [1.165, 1.54) is 0 Å². The molecule has 4 rings (SSSR count). The zero-order valence-corrected chi connectivity index (χ0v) is 14.7. The van der Waals surface area contributed by atoms with Crippen LogP contribution in [0.3, 0.4) is 0 Å². The summed E-state index contributed by atoms with van der Waals surface area (Å²) >= 11 is 0. The maximum absolute atomic E-state index is 12.7. The van der Waals surface area contributed by atoms with Gasteiger partial charge >= 0.3 is 0 Å². The van der Waals surface area contributed by atoms with E-state index in [1.807, 2.05) is 41.1 Å². The van der Waals surface area contributed by atoms with Gasteiger partial charge in [0.25, 0.3) is 5.91 Å². The van der Waals surface area contributed by atoms with Crippen molar-refractivity contribution < 1.29 is 9.32 Å². The lowest BCUT2D eigenvalue weighted by molar-refractivity contribution is 0.0949. The van der Waals surface area contributed by atoms with Crippen molar-refractivity contribution in [1.29, 1.82) is 0 Å². The monoisotopic (exact) mass is 351 g/mol. The van der Waals surface area contributed by atoms with Crippen molar-refractivity contribution >= 4 is 5.91 Å². The second-order valence-corrected chi connectivity index (χ2v) is 6.39. The van der Waals surface area contributed by atoms with Crippen LogP contribution in [-0.4, -0.2) is 27.4 Å². The zero-order valence-electron chi connectivity index (χ0n) is 14.7. The summed E-state index contributed by atoms with van der Waals surface area (Å²) in [5, 5.41) is 15.0. The Morgan fingerprint density at radius 1 is 1.35 bits per heavy atom. The normalized spacial score (nSPS) is 13.9. The maximum atomic E-state index is 12.7. The number of aromatic nitrogens is 3. The summed E-state index contributed by atoms with van der Waals surface area (Å²) in [4.78, 5) is 12.7. The Balaban J connectivity index is 1.50. The average molecular weight is 351 g/mol. The first-order valence-corrected chi connectivity index (χ1v) is 8.78. The van der Waals surface area contributed by atoms with Crippen molar-refractivity contribution in [1.82, 2.24) is 25.6 Å². The molecule has 0 saturated heterocycles. The lowest BCUT2D eigenvalue weighted by Crippen LogP contribution is -2.24. The number of carbonyl (C=O) groups excluding carboxylic acids is 1. The molecule has 7 nitrogen and oxygen atoms in total. The minimum atomic E-state index is -0.205. The number of aryl methyl sites for hydroxylation is 2. The lowest BCUT2D eigenvalue weighted by atomic mass is 10.1. The van der Waals surface area contributed by atoms with Crippen LogP contribution in [0.2, 0.25) is 0 Å². The largest absolute Gasteiger partial charge is 0.360 e. The Morgan fingerprint density at radius 2 is 2.19 bits per heavy atom. The van der Waals surface area contributed by atoms with Gasteiger partial charge in [-0.3, -0.25) is 9.48 Å². The van der Waals surface area contributed by atoms with Gasteiger partial charge < -0.3 is 15.2 Å². The first kappa shape index (κ1) is 16.5. The Bertz CT molecular complexity index is 890. The topological polar surface area (TPSA) is 85.0 Å². The smallest absolute Gasteiger partial charge is 0.257 e. The van der Waals surface area contributed by atoms with Gasteiger partial charge in [0.1, 0.15) is 17.0 Å². The molecule has 1 aliphatic heterocycles. The van der Waals surface area contributed by atoms with Crippen molar-refractivity contribution in [3.63, 3.8) is 0 Å². The molecule has 0 atom stereocenters. The number of carbonyl (C=O) groups is 1. The van der Waals surface area contributed by atoms with E-state index in [4.69, 9.17) is 4.52 Å². The van der Waals surface area contributed by atoms with Crippen molar-refractivity contribution in [3.05, 3.63) is 59.1 Å². The summed E-state index contributed by atoms with van der Waals surface area (Å²) in [6.07, 6.45) is 1.06. The third kappa shape index (κ3) is 3.25. The third-order valence-electron chi connectivity index (χ3n) is 4.51. The Labute approximate surface area is 151 Å². The standard InChI is InChI=1S/C19H21N5O2/c1-13-17(18(23-26-13)14-6-3-2-4-7-14)19(25)21-11-15-10-16-12-20-8-5-9-24(16)22-15/h2-4,6-7,10,20H,5,8-9,11-12H2,1H3,(H,21,25). The van der Waals surface area contributed by atoms with Gasteiger partial charge in [-0.1, -0.05) is 35.5 Å². The molecule has 7 heteroatoms. The van der Waals surface area contributed by atoms with Crippen LogP contribution in [-0.2, 0) is 19.6 Å². The van der Waals surface area contributed by atoms with Crippen LogP contribution in [0.5, 0.6) is 0 Å². The van der Waals surface area contributed by atoms with Gasteiger partial charge in [-0.15, -0.1) is 0 Å². The van der Waals surface area contributed by atoms with Crippen LogP contribution >= 0.6 is 0 Å². The van der Waals surface area contributed by atoms with Gasteiger partial charge in [-0.2, -0.15) is 5.10 Å². The van der Waals surface area contributed by atoms with Crippen LogP contribution in [0.1, 0.15) is 33.9 Å². The quantitative estimate of drug-likeness (QED) is 0.753. The van der Waals surface area contributed by atoms with Crippen LogP contribution in [0.25, 0.3) is 11.3 Å². The van der Waals surface area contributed by atoms with E-state index in [1.54, 1.807) is 6.92 Å². The number of benzene rings is 1. The summed E-state index contributed by atoms with van der Waals surface area (Å²) in [6, 6.07) is 11.6. The van der Waals surface area contributed by atoms with E-state index >= 15 is 0 Å². The molecule has 2 aromatic heterocycles. The molecular formula is C19H21N5O2. The molecule has 0 bridgehead atoms. The van der Waals surface area contributed by atoms with E-state index < -0.39 is 0 Å². The summed E-state index contributed by atoms with van der Waals surface area (Å²) < 4.78 is 7.28. The molecule has 1 amide bonds. The second-order valence-electron chi connectivity index (χ2n) is 6.39. The fourth-order valence-corrected chi connectivity index (χ4v) is 3.20.